The lowest BCUT2D eigenvalue weighted by Gasteiger charge is -1.94. The van der Waals surface area contributed by atoms with Crippen LogP contribution in [-0.2, 0) is 0 Å². The van der Waals surface area contributed by atoms with Gasteiger partial charge in [-0.05, 0) is 28.7 Å². The van der Waals surface area contributed by atoms with Gasteiger partial charge in [-0.2, -0.15) is 4.39 Å². The monoisotopic (exact) mass is 267 g/mol. The molecule has 0 saturated carbocycles. The maximum atomic E-state index is 12.4. The molecule has 0 unspecified atom stereocenters. The highest BCUT2D eigenvalue weighted by Crippen LogP contribution is 2.06. The van der Waals surface area contributed by atoms with Gasteiger partial charge in [0.15, 0.2) is 0 Å². The average molecular weight is 267 g/mol. The van der Waals surface area contributed by atoms with Crippen LogP contribution in [0, 0.1) is 9.65 Å². The van der Waals surface area contributed by atoms with Crippen LogP contribution in [0.15, 0.2) is 12.1 Å². The van der Waals surface area contributed by atoms with Gasteiger partial charge < -0.3 is 5.11 Å². The van der Waals surface area contributed by atoms with Crippen molar-refractivity contribution < 1.29 is 14.3 Å². The molecule has 0 radical (unpaired) electrons. The first-order chi connectivity index (χ1) is 5.09. The number of nitrogens with zero attached hydrogens (tertiary/aromatic N) is 1. The van der Waals surface area contributed by atoms with E-state index in [1.165, 1.54) is 6.07 Å². The predicted octanol–water partition coefficient (Wildman–Crippen LogP) is 1.52. The molecule has 3 nitrogen and oxygen atoms in total. The first-order valence-electron chi connectivity index (χ1n) is 2.66. The summed E-state index contributed by atoms with van der Waals surface area (Å²) in [6.07, 6.45) is 0. The van der Waals surface area contributed by atoms with Gasteiger partial charge in [0, 0.05) is 6.07 Å². The quantitative estimate of drug-likeness (QED) is 0.620. The fraction of sp³-hybridized carbons (Fsp3) is 0. The van der Waals surface area contributed by atoms with Gasteiger partial charge in [-0.15, -0.1) is 0 Å². The second-order valence-corrected chi connectivity index (χ2v) is 2.91. The van der Waals surface area contributed by atoms with E-state index in [1.54, 1.807) is 22.6 Å². The molecule has 11 heavy (non-hydrogen) atoms. The Hall–Kier alpha value is -0.720. The molecular formula is C6H3FINO2. The molecule has 0 aliphatic carbocycles. The molecule has 0 aliphatic heterocycles. The van der Waals surface area contributed by atoms with Crippen LogP contribution in [0.2, 0.25) is 0 Å². The van der Waals surface area contributed by atoms with Crippen LogP contribution in [0.3, 0.4) is 0 Å². The fourth-order valence-electron chi connectivity index (χ4n) is 0.588. The van der Waals surface area contributed by atoms with E-state index >= 15 is 0 Å². The van der Waals surface area contributed by atoms with Crippen molar-refractivity contribution in [3.05, 3.63) is 27.3 Å². The summed E-state index contributed by atoms with van der Waals surface area (Å²) in [5, 5.41) is 8.44. The Bertz CT molecular complexity index is 282. The fourth-order valence-corrected chi connectivity index (χ4v) is 1.15. The molecule has 0 fully saturated rings. The molecule has 1 rings (SSSR count). The minimum Gasteiger partial charge on any atom is -0.478 e. The normalized spacial score (nSPS) is 9.64. The molecule has 0 aliphatic rings. The van der Waals surface area contributed by atoms with Gasteiger partial charge in [-0.3, -0.25) is 0 Å². The highest BCUT2D eigenvalue weighted by Gasteiger charge is 2.05. The van der Waals surface area contributed by atoms with E-state index in [4.69, 9.17) is 5.11 Å². The van der Waals surface area contributed by atoms with E-state index in [-0.39, 0.29) is 5.56 Å². The van der Waals surface area contributed by atoms with Gasteiger partial charge in [-0.1, -0.05) is 0 Å². The SMILES string of the molecule is O=C(O)c1cc(F)nc(I)c1. The Morgan fingerprint density at radius 2 is 2.27 bits per heavy atom. The molecule has 0 aromatic carbocycles. The number of halogens is 2. The molecule has 58 valence electrons. The lowest BCUT2D eigenvalue weighted by molar-refractivity contribution is 0.0696. The smallest absolute Gasteiger partial charge is 0.335 e. The van der Waals surface area contributed by atoms with E-state index < -0.39 is 11.9 Å². The van der Waals surface area contributed by atoms with E-state index in [0.717, 1.165) is 6.07 Å². The van der Waals surface area contributed by atoms with Crippen molar-refractivity contribution >= 4 is 28.6 Å². The Labute approximate surface area is 75.4 Å². The van der Waals surface area contributed by atoms with Crippen LogP contribution < -0.4 is 0 Å². The summed E-state index contributed by atoms with van der Waals surface area (Å²) >= 11 is 1.75. The van der Waals surface area contributed by atoms with E-state index in [9.17, 15) is 9.18 Å². The summed E-state index contributed by atoms with van der Waals surface area (Å²) in [6, 6.07) is 2.18. The average Bonchev–Trinajstić information content (AvgIpc) is 1.85. The van der Waals surface area contributed by atoms with Gasteiger partial charge >= 0.3 is 5.97 Å². The van der Waals surface area contributed by atoms with Crippen molar-refractivity contribution in [2.45, 2.75) is 0 Å². The highest BCUT2D eigenvalue weighted by molar-refractivity contribution is 14.1. The van der Waals surface area contributed by atoms with Crippen LogP contribution in [-0.4, -0.2) is 16.1 Å². The second-order valence-electron chi connectivity index (χ2n) is 1.81. The number of carboxylic acid groups (broad SMARTS) is 1. The number of rotatable bonds is 1. The third-order valence-electron chi connectivity index (χ3n) is 1.01. The second kappa shape index (κ2) is 3.12. The predicted molar refractivity (Wildman–Crippen MR) is 43.9 cm³/mol. The number of hydrogen-bond acceptors (Lipinski definition) is 2. The van der Waals surface area contributed by atoms with Gasteiger partial charge in [0.2, 0.25) is 5.95 Å². The van der Waals surface area contributed by atoms with Crippen molar-refractivity contribution in [3.8, 4) is 0 Å². The van der Waals surface area contributed by atoms with Gasteiger partial charge in [0.25, 0.3) is 0 Å². The minimum atomic E-state index is -1.15. The standard InChI is InChI=1S/C6H3FINO2/c7-4-1-3(6(10)11)2-5(8)9-4/h1-2H,(H,10,11). The van der Waals surface area contributed by atoms with Crippen molar-refractivity contribution in [2.75, 3.05) is 0 Å². The molecule has 0 bridgehead atoms. The molecular weight excluding hydrogens is 264 g/mol. The number of aromatic carboxylic acids is 1. The third kappa shape index (κ3) is 2.11. The number of hydrogen-bond donors (Lipinski definition) is 1. The summed E-state index contributed by atoms with van der Waals surface area (Å²) < 4.78 is 12.7. The molecule has 1 N–H and O–H groups in total. The number of carbonyl (C=O) groups is 1. The molecule has 5 heteroatoms. The Kier molecular flexibility index (Phi) is 2.38. The zero-order valence-corrected chi connectivity index (χ0v) is 7.37. The van der Waals surface area contributed by atoms with Crippen LogP contribution in [0.1, 0.15) is 10.4 Å². The zero-order valence-electron chi connectivity index (χ0n) is 5.21. The first-order valence-corrected chi connectivity index (χ1v) is 3.74. The number of carboxylic acids is 1. The number of aromatic nitrogens is 1. The number of pyridine rings is 1. The van der Waals surface area contributed by atoms with Crippen molar-refractivity contribution in [2.24, 2.45) is 0 Å². The summed E-state index contributed by atoms with van der Waals surface area (Å²) in [7, 11) is 0. The van der Waals surface area contributed by atoms with Crippen molar-refractivity contribution in [3.63, 3.8) is 0 Å². The minimum absolute atomic E-state index is 0.0816. The van der Waals surface area contributed by atoms with Crippen LogP contribution in [0.4, 0.5) is 4.39 Å². The third-order valence-corrected chi connectivity index (χ3v) is 1.56. The molecule has 0 saturated heterocycles. The van der Waals surface area contributed by atoms with E-state index in [1.807, 2.05) is 0 Å². The Morgan fingerprint density at radius 1 is 1.64 bits per heavy atom. The summed E-state index contributed by atoms with van der Waals surface area (Å²) in [5.41, 5.74) is -0.0816. The highest BCUT2D eigenvalue weighted by atomic mass is 127. The first kappa shape index (κ1) is 8.38. The lowest BCUT2D eigenvalue weighted by atomic mass is 10.3. The van der Waals surface area contributed by atoms with Gasteiger partial charge in [0.1, 0.15) is 3.70 Å². The van der Waals surface area contributed by atoms with Gasteiger partial charge in [-0.25, -0.2) is 9.78 Å². The van der Waals surface area contributed by atoms with E-state index in [2.05, 4.69) is 4.98 Å². The summed E-state index contributed by atoms with van der Waals surface area (Å²) in [5.74, 6) is -1.92. The van der Waals surface area contributed by atoms with Crippen LogP contribution in [0.25, 0.3) is 0 Å². The zero-order chi connectivity index (χ0) is 8.43. The molecule has 0 amide bonds. The Balaban J connectivity index is 3.19. The van der Waals surface area contributed by atoms with Crippen LogP contribution in [0.5, 0.6) is 0 Å². The van der Waals surface area contributed by atoms with Gasteiger partial charge in [0.05, 0.1) is 5.56 Å². The molecule has 1 aromatic rings. The maximum Gasteiger partial charge on any atom is 0.335 e. The van der Waals surface area contributed by atoms with E-state index in [0.29, 0.717) is 3.70 Å². The molecule has 0 atom stereocenters. The lowest BCUT2D eigenvalue weighted by Crippen LogP contribution is -1.99. The van der Waals surface area contributed by atoms with Crippen LogP contribution >= 0.6 is 22.6 Å². The molecule has 1 heterocycles. The molecule has 1 aromatic heterocycles. The largest absolute Gasteiger partial charge is 0.478 e. The topological polar surface area (TPSA) is 50.2 Å². The van der Waals surface area contributed by atoms with Crippen molar-refractivity contribution in [1.82, 2.24) is 4.98 Å². The summed E-state index contributed by atoms with van der Waals surface area (Å²) in [4.78, 5) is 13.7. The maximum absolute atomic E-state index is 12.4. The summed E-state index contributed by atoms with van der Waals surface area (Å²) in [6.45, 7) is 0. The Morgan fingerprint density at radius 3 is 2.73 bits per heavy atom. The molecule has 0 spiro atoms. The van der Waals surface area contributed by atoms with Crippen molar-refractivity contribution in [1.29, 1.82) is 0 Å².